The van der Waals surface area contributed by atoms with Crippen LogP contribution < -0.4 is 0 Å². The molecule has 94 valence electrons. The van der Waals surface area contributed by atoms with Gasteiger partial charge >= 0.3 is 5.97 Å². The van der Waals surface area contributed by atoms with Gasteiger partial charge in [0.25, 0.3) is 0 Å². The molecule has 0 aliphatic carbocycles. The molecule has 16 heavy (non-hydrogen) atoms. The predicted octanol–water partition coefficient (Wildman–Crippen LogP) is 1.84. The van der Waals surface area contributed by atoms with Gasteiger partial charge in [0.1, 0.15) is 0 Å². The van der Waals surface area contributed by atoms with E-state index in [4.69, 9.17) is 5.11 Å². The van der Waals surface area contributed by atoms with Crippen LogP contribution in [0.2, 0.25) is 0 Å². The molecule has 0 saturated carbocycles. The smallest absolute Gasteiger partial charge is 0.316 e. The fraction of sp³-hybridized carbons (Fsp3) is 0.818. The summed E-state index contributed by atoms with van der Waals surface area (Å²) < 4.78 is 0. The van der Waals surface area contributed by atoms with Crippen molar-refractivity contribution in [3.05, 3.63) is 0 Å². The first-order valence-electron chi connectivity index (χ1n) is 5.65. The first-order valence-corrected chi connectivity index (χ1v) is 6.69. The highest BCUT2D eigenvalue weighted by molar-refractivity contribution is 8.01. The second-order valence-corrected chi connectivity index (χ2v) is 5.00. The number of nitrogens with zero attached hydrogens (tertiary/aromatic N) is 1. The van der Waals surface area contributed by atoms with E-state index in [1.165, 1.54) is 11.8 Å². The van der Waals surface area contributed by atoms with E-state index in [0.717, 1.165) is 25.9 Å². The Labute approximate surface area is 101 Å². The van der Waals surface area contributed by atoms with Gasteiger partial charge < -0.3 is 10.0 Å². The monoisotopic (exact) mass is 247 g/mol. The molecule has 0 spiro atoms. The van der Waals surface area contributed by atoms with Crippen LogP contribution in [0.1, 0.15) is 33.6 Å². The van der Waals surface area contributed by atoms with E-state index in [9.17, 15) is 9.59 Å². The summed E-state index contributed by atoms with van der Waals surface area (Å²) in [5.74, 6) is -0.565. The van der Waals surface area contributed by atoms with Crippen LogP contribution >= 0.6 is 11.8 Å². The summed E-state index contributed by atoms with van der Waals surface area (Å²) in [6.07, 6.45) is 1.87. The highest BCUT2D eigenvalue weighted by atomic mass is 32.2. The molecule has 0 aliphatic rings. The second-order valence-electron chi connectivity index (χ2n) is 3.67. The summed E-state index contributed by atoms with van der Waals surface area (Å²) in [5.41, 5.74) is 0. The highest BCUT2D eigenvalue weighted by Gasteiger charge is 2.16. The second kappa shape index (κ2) is 8.44. The van der Waals surface area contributed by atoms with Crippen molar-refractivity contribution in [3.8, 4) is 0 Å². The topological polar surface area (TPSA) is 57.6 Å². The van der Waals surface area contributed by atoms with E-state index < -0.39 is 11.2 Å². The van der Waals surface area contributed by atoms with Gasteiger partial charge in [-0.05, 0) is 19.8 Å². The molecule has 1 N–H and O–H groups in total. The highest BCUT2D eigenvalue weighted by Crippen LogP contribution is 2.11. The molecule has 0 aromatic carbocycles. The predicted molar refractivity (Wildman–Crippen MR) is 66.7 cm³/mol. The molecule has 1 amide bonds. The minimum atomic E-state index is -0.865. The molecule has 0 aromatic rings. The number of hydrogen-bond donors (Lipinski definition) is 1. The maximum Gasteiger partial charge on any atom is 0.316 e. The zero-order valence-electron chi connectivity index (χ0n) is 10.2. The number of carboxylic acids is 1. The third-order valence-corrected chi connectivity index (χ3v) is 3.26. The van der Waals surface area contributed by atoms with Gasteiger partial charge in [-0.3, -0.25) is 9.59 Å². The van der Waals surface area contributed by atoms with E-state index in [0.29, 0.717) is 0 Å². The van der Waals surface area contributed by atoms with Crippen molar-refractivity contribution < 1.29 is 14.7 Å². The Kier molecular flexibility index (Phi) is 8.07. The Hall–Kier alpha value is -0.710. The number of amides is 1. The van der Waals surface area contributed by atoms with Crippen molar-refractivity contribution in [2.75, 3.05) is 18.8 Å². The van der Waals surface area contributed by atoms with E-state index in [1.54, 1.807) is 6.92 Å². The molecule has 5 heteroatoms. The van der Waals surface area contributed by atoms with Crippen molar-refractivity contribution in [2.45, 2.75) is 38.9 Å². The number of carboxylic acid groups (broad SMARTS) is 1. The van der Waals surface area contributed by atoms with Gasteiger partial charge in [0.2, 0.25) is 5.91 Å². The molecule has 0 radical (unpaired) electrons. The van der Waals surface area contributed by atoms with Crippen molar-refractivity contribution in [2.24, 2.45) is 0 Å². The third-order valence-electron chi connectivity index (χ3n) is 2.14. The Morgan fingerprint density at radius 3 is 2.12 bits per heavy atom. The van der Waals surface area contributed by atoms with Crippen molar-refractivity contribution in [1.29, 1.82) is 0 Å². The molecule has 0 heterocycles. The summed E-state index contributed by atoms with van der Waals surface area (Å²) in [7, 11) is 0. The van der Waals surface area contributed by atoms with Crippen LogP contribution in [0.25, 0.3) is 0 Å². The van der Waals surface area contributed by atoms with E-state index in [2.05, 4.69) is 0 Å². The molecule has 0 bridgehead atoms. The number of thioether (sulfide) groups is 1. The summed E-state index contributed by atoms with van der Waals surface area (Å²) in [6.45, 7) is 7.18. The van der Waals surface area contributed by atoms with Crippen LogP contribution in [0.4, 0.5) is 0 Å². The van der Waals surface area contributed by atoms with E-state index >= 15 is 0 Å². The van der Waals surface area contributed by atoms with Crippen molar-refractivity contribution in [3.63, 3.8) is 0 Å². The lowest BCUT2D eigenvalue weighted by Crippen LogP contribution is -2.34. The molecular formula is C11H21NO3S. The molecular weight excluding hydrogens is 226 g/mol. The van der Waals surface area contributed by atoms with Crippen molar-refractivity contribution >= 4 is 23.6 Å². The summed E-state index contributed by atoms with van der Waals surface area (Å²) >= 11 is 1.18. The maximum absolute atomic E-state index is 11.8. The summed E-state index contributed by atoms with van der Waals surface area (Å²) in [5, 5.41) is 8.18. The van der Waals surface area contributed by atoms with Crippen LogP contribution in [-0.2, 0) is 9.59 Å². The van der Waals surface area contributed by atoms with Gasteiger partial charge in [-0.25, -0.2) is 0 Å². The van der Waals surface area contributed by atoms with Crippen LogP contribution in [0.3, 0.4) is 0 Å². The molecule has 1 atom stereocenters. The van der Waals surface area contributed by atoms with Crippen LogP contribution in [0, 0.1) is 0 Å². The van der Waals surface area contributed by atoms with Crippen LogP contribution in [-0.4, -0.2) is 46.0 Å². The van der Waals surface area contributed by atoms with Gasteiger partial charge in [0.15, 0.2) is 0 Å². The van der Waals surface area contributed by atoms with Crippen molar-refractivity contribution in [1.82, 2.24) is 4.90 Å². The van der Waals surface area contributed by atoms with E-state index in [-0.39, 0.29) is 11.7 Å². The molecule has 0 rings (SSSR count). The Morgan fingerprint density at radius 1 is 1.25 bits per heavy atom. The minimum absolute atomic E-state index is 0.0433. The molecule has 0 aromatic heterocycles. The molecule has 1 unspecified atom stereocenters. The molecule has 0 fully saturated rings. The largest absolute Gasteiger partial charge is 0.480 e. The van der Waals surface area contributed by atoms with Gasteiger partial charge in [0.05, 0.1) is 11.0 Å². The average molecular weight is 247 g/mol. The minimum Gasteiger partial charge on any atom is -0.480 e. The zero-order valence-corrected chi connectivity index (χ0v) is 11.0. The number of aliphatic carboxylic acids is 1. The quantitative estimate of drug-likeness (QED) is 0.711. The fourth-order valence-corrected chi connectivity index (χ4v) is 1.98. The summed E-state index contributed by atoms with van der Waals surface area (Å²) in [6, 6.07) is 0. The fourth-order valence-electron chi connectivity index (χ4n) is 1.26. The maximum atomic E-state index is 11.8. The molecule has 0 aliphatic heterocycles. The first-order chi connectivity index (χ1) is 7.52. The molecule has 0 saturated heterocycles. The SMILES string of the molecule is CCCN(CCC)C(=O)CSC(C)C(=O)O. The Morgan fingerprint density at radius 2 is 1.75 bits per heavy atom. The Bertz CT molecular complexity index is 227. The average Bonchev–Trinajstić information content (AvgIpc) is 2.24. The normalized spacial score (nSPS) is 12.2. The van der Waals surface area contributed by atoms with Gasteiger partial charge in [-0.1, -0.05) is 13.8 Å². The third kappa shape index (κ3) is 6.00. The van der Waals surface area contributed by atoms with Gasteiger partial charge in [0, 0.05) is 13.1 Å². The number of carbonyl (C=O) groups is 2. The Balaban J connectivity index is 4.04. The number of hydrogen-bond acceptors (Lipinski definition) is 3. The standard InChI is InChI=1S/C11H21NO3S/c1-4-6-12(7-5-2)10(13)8-16-9(3)11(14)15/h9H,4-8H2,1-3H3,(H,14,15). The summed E-state index contributed by atoms with van der Waals surface area (Å²) in [4.78, 5) is 24.2. The number of carbonyl (C=O) groups excluding carboxylic acids is 1. The number of rotatable bonds is 8. The van der Waals surface area contributed by atoms with Crippen LogP contribution in [0.15, 0.2) is 0 Å². The van der Waals surface area contributed by atoms with E-state index in [1.807, 2.05) is 18.7 Å². The lowest BCUT2D eigenvalue weighted by Gasteiger charge is -2.21. The van der Waals surface area contributed by atoms with Gasteiger partial charge in [-0.2, -0.15) is 0 Å². The zero-order chi connectivity index (χ0) is 12.6. The van der Waals surface area contributed by atoms with Gasteiger partial charge in [-0.15, -0.1) is 11.8 Å². The van der Waals surface area contributed by atoms with Crippen LogP contribution in [0.5, 0.6) is 0 Å². The molecule has 4 nitrogen and oxygen atoms in total. The lowest BCUT2D eigenvalue weighted by molar-refractivity contribution is -0.136. The lowest BCUT2D eigenvalue weighted by atomic mass is 10.3. The first kappa shape index (κ1) is 15.3.